The summed E-state index contributed by atoms with van der Waals surface area (Å²) in [6.45, 7) is 10.9. The molecule has 0 radical (unpaired) electrons. The summed E-state index contributed by atoms with van der Waals surface area (Å²) in [6.07, 6.45) is 2.24. The monoisotopic (exact) mass is 395 g/mol. The second-order valence-corrected chi connectivity index (χ2v) is 9.31. The van der Waals surface area contributed by atoms with E-state index < -0.39 is 9.84 Å². The zero-order valence-electron chi connectivity index (χ0n) is 16.3. The average Bonchev–Trinajstić information content (AvgIpc) is 3.07. The largest absolute Gasteiger partial charge is 0.351 e. The summed E-state index contributed by atoms with van der Waals surface area (Å²) in [5, 5.41) is 2.77. The van der Waals surface area contributed by atoms with Crippen molar-refractivity contribution in [1.82, 2.24) is 14.8 Å². The van der Waals surface area contributed by atoms with Crippen molar-refractivity contribution in [2.45, 2.75) is 39.8 Å². The standard InChI is InChI=1S/C19H29N3O4S/c1-5-8-22-14(3)10-17(15(22)4)18(23)11-21(6-2)12-19(24)20-16-7-9-27(25,26)13-16/h5,10,16H,1,6-9,11-13H2,2-4H3,(H,20,24)/t16-/m0/s1. The number of hydrogen-bond acceptors (Lipinski definition) is 5. The van der Waals surface area contributed by atoms with E-state index in [1.165, 1.54) is 0 Å². The molecule has 1 N–H and O–H groups in total. The Kier molecular flexibility index (Phi) is 7.00. The van der Waals surface area contributed by atoms with E-state index in [4.69, 9.17) is 0 Å². The molecule has 1 aromatic rings. The van der Waals surface area contributed by atoms with E-state index in [-0.39, 0.29) is 42.3 Å². The third kappa shape index (κ3) is 5.52. The van der Waals surface area contributed by atoms with Gasteiger partial charge in [-0.2, -0.15) is 0 Å². The Balaban J connectivity index is 1.96. The smallest absolute Gasteiger partial charge is 0.234 e. The molecule has 0 aliphatic carbocycles. The van der Waals surface area contributed by atoms with Crippen LogP contribution in [0, 0.1) is 13.8 Å². The van der Waals surface area contributed by atoms with Gasteiger partial charge < -0.3 is 9.88 Å². The molecule has 0 bridgehead atoms. The summed E-state index contributed by atoms with van der Waals surface area (Å²) in [7, 11) is -3.03. The molecule has 1 aliphatic heterocycles. The van der Waals surface area contributed by atoms with Gasteiger partial charge in [0.2, 0.25) is 5.91 Å². The molecule has 8 heteroatoms. The number of hydrogen-bond donors (Lipinski definition) is 1. The molecule has 150 valence electrons. The van der Waals surface area contributed by atoms with Crippen LogP contribution >= 0.6 is 0 Å². The van der Waals surface area contributed by atoms with Crippen molar-refractivity contribution >= 4 is 21.5 Å². The Morgan fingerprint density at radius 3 is 2.63 bits per heavy atom. The number of Topliss-reactive ketones (excluding diaryl/α,β-unsaturated/α-hetero) is 1. The topological polar surface area (TPSA) is 88.5 Å². The van der Waals surface area contributed by atoms with E-state index >= 15 is 0 Å². The fourth-order valence-corrected chi connectivity index (χ4v) is 5.12. The first kappa shape index (κ1) is 21.4. The predicted molar refractivity (Wildman–Crippen MR) is 106 cm³/mol. The van der Waals surface area contributed by atoms with Gasteiger partial charge in [-0.3, -0.25) is 14.5 Å². The molecular formula is C19H29N3O4S. The Morgan fingerprint density at radius 2 is 2.07 bits per heavy atom. The molecular weight excluding hydrogens is 366 g/mol. The molecule has 2 rings (SSSR count). The third-order valence-electron chi connectivity index (χ3n) is 4.96. The summed E-state index contributed by atoms with van der Waals surface area (Å²) >= 11 is 0. The summed E-state index contributed by atoms with van der Waals surface area (Å²) in [4.78, 5) is 26.7. The number of likely N-dealkylation sites (N-methyl/N-ethyl adjacent to an activating group) is 1. The predicted octanol–water partition coefficient (Wildman–Crippen LogP) is 1.10. The van der Waals surface area contributed by atoms with E-state index in [1.54, 1.807) is 11.0 Å². The van der Waals surface area contributed by atoms with Crippen molar-refractivity contribution in [3.05, 3.63) is 35.7 Å². The lowest BCUT2D eigenvalue weighted by atomic mass is 10.1. The quantitative estimate of drug-likeness (QED) is 0.500. The molecule has 1 fully saturated rings. The number of ketones is 1. The van der Waals surface area contributed by atoms with E-state index in [0.717, 1.165) is 11.4 Å². The Hall–Kier alpha value is -1.93. The molecule has 0 aromatic carbocycles. The minimum Gasteiger partial charge on any atom is -0.351 e. The molecule has 1 amide bonds. The second-order valence-electron chi connectivity index (χ2n) is 7.08. The molecule has 1 aliphatic rings. The van der Waals surface area contributed by atoms with Crippen LogP contribution in [0.2, 0.25) is 0 Å². The molecule has 0 unspecified atom stereocenters. The van der Waals surface area contributed by atoms with Gasteiger partial charge in [-0.25, -0.2) is 8.42 Å². The van der Waals surface area contributed by atoms with E-state index in [2.05, 4.69) is 11.9 Å². The molecule has 0 spiro atoms. The number of carbonyl (C=O) groups excluding carboxylic acids is 2. The first-order valence-electron chi connectivity index (χ1n) is 9.19. The maximum absolute atomic E-state index is 12.7. The van der Waals surface area contributed by atoms with Crippen molar-refractivity contribution in [2.24, 2.45) is 0 Å². The number of allylic oxidation sites excluding steroid dienone is 1. The lowest BCUT2D eigenvalue weighted by Crippen LogP contribution is -2.44. The maximum atomic E-state index is 12.7. The molecule has 2 heterocycles. The highest BCUT2D eigenvalue weighted by molar-refractivity contribution is 7.91. The SMILES string of the molecule is C=CCn1c(C)cc(C(=O)CN(CC)CC(=O)N[C@H]2CCS(=O)(=O)C2)c1C. The first-order chi connectivity index (χ1) is 12.7. The van der Waals surface area contributed by atoms with Crippen molar-refractivity contribution < 1.29 is 18.0 Å². The van der Waals surface area contributed by atoms with Crippen LogP contribution in [0.1, 0.15) is 35.1 Å². The summed E-state index contributed by atoms with van der Waals surface area (Å²) in [5.74, 6) is -0.159. The maximum Gasteiger partial charge on any atom is 0.234 e. The highest BCUT2D eigenvalue weighted by atomic mass is 32.2. The van der Waals surface area contributed by atoms with Gasteiger partial charge in [-0.15, -0.1) is 6.58 Å². The molecule has 1 saturated heterocycles. The molecule has 1 atom stereocenters. The minimum atomic E-state index is -3.03. The third-order valence-corrected chi connectivity index (χ3v) is 6.73. The number of nitrogens with one attached hydrogen (secondary N) is 1. The normalized spacial score (nSPS) is 18.6. The van der Waals surface area contributed by atoms with Crippen molar-refractivity contribution in [1.29, 1.82) is 0 Å². The van der Waals surface area contributed by atoms with Gasteiger partial charge in [-0.05, 0) is 32.9 Å². The zero-order valence-corrected chi connectivity index (χ0v) is 17.1. The van der Waals surface area contributed by atoms with Crippen LogP contribution in [-0.4, -0.2) is 66.8 Å². The van der Waals surface area contributed by atoms with Crippen molar-refractivity contribution in [2.75, 3.05) is 31.1 Å². The first-order valence-corrected chi connectivity index (χ1v) is 11.0. The van der Waals surface area contributed by atoms with Gasteiger partial charge in [-0.1, -0.05) is 13.0 Å². The summed E-state index contributed by atoms with van der Waals surface area (Å²) in [6, 6.07) is 1.55. The van der Waals surface area contributed by atoms with Crippen molar-refractivity contribution in [3.8, 4) is 0 Å². The number of sulfone groups is 1. The van der Waals surface area contributed by atoms with Crippen LogP contribution in [0.3, 0.4) is 0 Å². The lowest BCUT2D eigenvalue weighted by Gasteiger charge is -2.20. The molecule has 1 aromatic heterocycles. The summed E-state index contributed by atoms with van der Waals surface area (Å²) in [5.41, 5.74) is 2.56. The van der Waals surface area contributed by atoms with E-state index in [1.807, 2.05) is 31.4 Å². The average molecular weight is 396 g/mol. The number of carbonyl (C=O) groups is 2. The van der Waals surface area contributed by atoms with Crippen molar-refractivity contribution in [3.63, 3.8) is 0 Å². The fourth-order valence-electron chi connectivity index (χ4n) is 3.45. The van der Waals surface area contributed by atoms with Crippen LogP contribution < -0.4 is 5.32 Å². The highest BCUT2D eigenvalue weighted by Crippen LogP contribution is 2.16. The van der Waals surface area contributed by atoms with Crippen LogP contribution in [-0.2, 0) is 21.2 Å². The Bertz CT molecular complexity index is 826. The number of aromatic nitrogens is 1. The van der Waals surface area contributed by atoms with Gasteiger partial charge in [0.25, 0.3) is 0 Å². The molecule has 7 nitrogen and oxygen atoms in total. The molecule has 0 saturated carbocycles. The van der Waals surface area contributed by atoms with Gasteiger partial charge in [0.05, 0.1) is 24.6 Å². The lowest BCUT2D eigenvalue weighted by molar-refractivity contribution is -0.122. The Labute approximate surface area is 161 Å². The summed E-state index contributed by atoms with van der Waals surface area (Å²) < 4.78 is 25.0. The van der Waals surface area contributed by atoms with E-state index in [0.29, 0.717) is 25.1 Å². The van der Waals surface area contributed by atoms with Gasteiger partial charge >= 0.3 is 0 Å². The van der Waals surface area contributed by atoms with Crippen LogP contribution in [0.4, 0.5) is 0 Å². The number of aryl methyl sites for hydroxylation is 1. The van der Waals surface area contributed by atoms with Crippen LogP contribution in [0.5, 0.6) is 0 Å². The van der Waals surface area contributed by atoms with Gasteiger partial charge in [0.15, 0.2) is 15.6 Å². The van der Waals surface area contributed by atoms with Gasteiger partial charge in [0, 0.05) is 29.5 Å². The number of rotatable bonds is 9. The van der Waals surface area contributed by atoms with Crippen LogP contribution in [0.15, 0.2) is 18.7 Å². The molecule has 27 heavy (non-hydrogen) atoms. The van der Waals surface area contributed by atoms with E-state index in [9.17, 15) is 18.0 Å². The number of amides is 1. The van der Waals surface area contributed by atoms with Crippen LogP contribution in [0.25, 0.3) is 0 Å². The second kappa shape index (κ2) is 8.84. The zero-order chi connectivity index (χ0) is 20.2. The van der Waals surface area contributed by atoms with Gasteiger partial charge in [0.1, 0.15) is 0 Å². The minimum absolute atomic E-state index is 0.000907. The Morgan fingerprint density at radius 1 is 1.37 bits per heavy atom. The fraction of sp³-hybridized carbons (Fsp3) is 0.579. The number of nitrogens with zero attached hydrogens (tertiary/aromatic N) is 2. The highest BCUT2D eigenvalue weighted by Gasteiger charge is 2.29.